The topological polar surface area (TPSA) is 95.5 Å². The molecule has 0 aliphatic carbocycles. The lowest BCUT2D eigenvalue weighted by molar-refractivity contribution is 0.0696. The number of carboxylic acids is 1. The third kappa shape index (κ3) is 3.21. The van der Waals surface area contributed by atoms with Gasteiger partial charge in [0.05, 0.1) is 11.3 Å². The molecule has 0 fully saturated rings. The zero-order chi connectivity index (χ0) is 13.8. The van der Waals surface area contributed by atoms with Crippen LogP contribution in [0.3, 0.4) is 0 Å². The number of hydrogen-bond donors (Lipinski definition) is 3. The predicted molar refractivity (Wildman–Crippen MR) is 68.4 cm³/mol. The van der Waals surface area contributed by atoms with Crippen molar-refractivity contribution in [1.29, 1.82) is 0 Å². The number of carbonyl (C=O) groups is 1. The largest absolute Gasteiger partial charge is 0.478 e. The molecule has 0 atom stereocenters. The standard InChI is InChI=1S/C11H16N2O4S/c1-3-6-13-18(16,17)10-7-8(11(14)15)4-5-9(10)12-2/h4-5,7,12-13H,3,6H2,1-2H3,(H,14,15). The van der Waals surface area contributed by atoms with Crippen LogP contribution in [0.4, 0.5) is 5.69 Å². The van der Waals surface area contributed by atoms with Gasteiger partial charge in [0.1, 0.15) is 4.90 Å². The summed E-state index contributed by atoms with van der Waals surface area (Å²) in [6.07, 6.45) is 0.659. The Morgan fingerprint density at radius 2 is 2.06 bits per heavy atom. The molecule has 0 aromatic heterocycles. The molecule has 6 nitrogen and oxygen atoms in total. The number of sulfonamides is 1. The van der Waals surface area contributed by atoms with Gasteiger partial charge in [-0.2, -0.15) is 0 Å². The Morgan fingerprint density at radius 1 is 1.39 bits per heavy atom. The minimum Gasteiger partial charge on any atom is -0.478 e. The summed E-state index contributed by atoms with van der Waals surface area (Å²) in [5.41, 5.74) is 0.300. The second-order valence-electron chi connectivity index (χ2n) is 3.66. The van der Waals surface area contributed by atoms with Gasteiger partial charge in [0.25, 0.3) is 0 Å². The summed E-state index contributed by atoms with van der Waals surface area (Å²) in [6, 6.07) is 3.93. The van der Waals surface area contributed by atoms with E-state index < -0.39 is 16.0 Å². The van der Waals surface area contributed by atoms with E-state index >= 15 is 0 Å². The van der Waals surface area contributed by atoms with Gasteiger partial charge in [0.15, 0.2) is 0 Å². The molecular formula is C11H16N2O4S. The van der Waals surface area contributed by atoms with E-state index in [1.165, 1.54) is 12.1 Å². The number of nitrogens with one attached hydrogen (secondary N) is 2. The molecule has 1 aromatic carbocycles. The van der Waals surface area contributed by atoms with E-state index in [9.17, 15) is 13.2 Å². The third-order valence-corrected chi connectivity index (χ3v) is 3.83. The van der Waals surface area contributed by atoms with Crippen LogP contribution >= 0.6 is 0 Å². The Labute approximate surface area is 106 Å². The lowest BCUT2D eigenvalue weighted by atomic mass is 10.2. The van der Waals surface area contributed by atoms with E-state index in [2.05, 4.69) is 10.0 Å². The fraction of sp³-hybridized carbons (Fsp3) is 0.364. The predicted octanol–water partition coefficient (Wildman–Crippen LogP) is 1.11. The molecule has 7 heteroatoms. The van der Waals surface area contributed by atoms with Crippen molar-refractivity contribution in [3.05, 3.63) is 23.8 Å². The van der Waals surface area contributed by atoms with Crippen molar-refractivity contribution in [2.75, 3.05) is 18.9 Å². The summed E-state index contributed by atoms with van der Waals surface area (Å²) in [7, 11) is -2.12. The average molecular weight is 272 g/mol. The maximum atomic E-state index is 12.0. The molecule has 1 rings (SSSR count). The zero-order valence-electron chi connectivity index (χ0n) is 10.2. The summed E-state index contributed by atoms with van der Waals surface area (Å²) in [5.74, 6) is -1.16. The van der Waals surface area contributed by atoms with Crippen LogP contribution in [0.5, 0.6) is 0 Å². The molecule has 0 heterocycles. The van der Waals surface area contributed by atoms with Gasteiger partial charge >= 0.3 is 5.97 Å². The Hall–Kier alpha value is -1.60. The summed E-state index contributed by atoms with van der Waals surface area (Å²) >= 11 is 0. The van der Waals surface area contributed by atoms with E-state index in [1.807, 2.05) is 6.92 Å². The van der Waals surface area contributed by atoms with Crippen LogP contribution in [0.15, 0.2) is 23.1 Å². The molecule has 0 aliphatic rings. The number of carboxylic acid groups (broad SMARTS) is 1. The van der Waals surface area contributed by atoms with Gasteiger partial charge in [-0.1, -0.05) is 6.92 Å². The number of benzene rings is 1. The number of hydrogen-bond acceptors (Lipinski definition) is 4. The van der Waals surface area contributed by atoms with E-state index in [1.54, 1.807) is 7.05 Å². The summed E-state index contributed by atoms with van der Waals surface area (Å²) in [5, 5.41) is 11.6. The van der Waals surface area contributed by atoms with Crippen molar-refractivity contribution >= 4 is 21.7 Å². The molecule has 0 amide bonds. The first-order valence-corrected chi connectivity index (χ1v) is 6.95. The Bertz CT molecular complexity index is 540. The SMILES string of the molecule is CCCNS(=O)(=O)c1cc(C(=O)O)ccc1NC. The van der Waals surface area contributed by atoms with Crippen molar-refractivity contribution in [2.45, 2.75) is 18.2 Å². The molecule has 0 saturated carbocycles. The number of aromatic carboxylic acids is 1. The third-order valence-electron chi connectivity index (χ3n) is 2.33. The van der Waals surface area contributed by atoms with E-state index in [4.69, 9.17) is 5.11 Å². The summed E-state index contributed by atoms with van der Waals surface area (Å²) in [6.45, 7) is 2.15. The van der Waals surface area contributed by atoms with Crippen LogP contribution in [-0.2, 0) is 10.0 Å². The quantitative estimate of drug-likeness (QED) is 0.721. The van der Waals surface area contributed by atoms with Crippen molar-refractivity contribution in [3.63, 3.8) is 0 Å². The van der Waals surface area contributed by atoms with Crippen molar-refractivity contribution in [3.8, 4) is 0 Å². The fourth-order valence-electron chi connectivity index (χ4n) is 1.40. The second kappa shape index (κ2) is 5.83. The Kier molecular flexibility index (Phi) is 4.69. The van der Waals surface area contributed by atoms with Crippen LogP contribution in [0.25, 0.3) is 0 Å². The van der Waals surface area contributed by atoms with Crippen LogP contribution in [0.1, 0.15) is 23.7 Å². The summed E-state index contributed by atoms with van der Waals surface area (Å²) < 4.78 is 26.4. The molecule has 0 aliphatic heterocycles. The molecule has 100 valence electrons. The Morgan fingerprint density at radius 3 is 2.56 bits per heavy atom. The van der Waals surface area contributed by atoms with Crippen LogP contribution in [-0.4, -0.2) is 33.1 Å². The van der Waals surface area contributed by atoms with Crippen molar-refractivity contribution < 1.29 is 18.3 Å². The minimum atomic E-state index is -3.70. The van der Waals surface area contributed by atoms with Crippen LogP contribution in [0, 0.1) is 0 Å². The van der Waals surface area contributed by atoms with E-state index in [-0.39, 0.29) is 10.5 Å². The number of anilines is 1. The smallest absolute Gasteiger partial charge is 0.335 e. The van der Waals surface area contributed by atoms with Gasteiger partial charge in [0, 0.05) is 13.6 Å². The van der Waals surface area contributed by atoms with Crippen LogP contribution in [0.2, 0.25) is 0 Å². The summed E-state index contributed by atoms with van der Waals surface area (Å²) in [4.78, 5) is 10.8. The van der Waals surface area contributed by atoms with Gasteiger partial charge in [0.2, 0.25) is 10.0 Å². The normalized spacial score (nSPS) is 11.2. The van der Waals surface area contributed by atoms with Crippen LogP contribution < -0.4 is 10.0 Å². The van der Waals surface area contributed by atoms with Gasteiger partial charge in [-0.3, -0.25) is 0 Å². The fourth-order valence-corrected chi connectivity index (χ4v) is 2.77. The Balaban J connectivity index is 3.27. The highest BCUT2D eigenvalue weighted by Gasteiger charge is 2.19. The molecule has 0 unspecified atom stereocenters. The van der Waals surface area contributed by atoms with Crippen molar-refractivity contribution in [1.82, 2.24) is 4.72 Å². The van der Waals surface area contributed by atoms with Gasteiger partial charge in [-0.05, 0) is 24.6 Å². The minimum absolute atomic E-state index is 0.0571. The maximum Gasteiger partial charge on any atom is 0.335 e. The molecule has 0 bridgehead atoms. The highest BCUT2D eigenvalue weighted by atomic mass is 32.2. The first-order valence-electron chi connectivity index (χ1n) is 5.47. The highest BCUT2D eigenvalue weighted by molar-refractivity contribution is 7.89. The second-order valence-corrected chi connectivity index (χ2v) is 5.40. The maximum absolute atomic E-state index is 12.0. The molecule has 1 aromatic rings. The van der Waals surface area contributed by atoms with Gasteiger partial charge < -0.3 is 10.4 Å². The van der Waals surface area contributed by atoms with Gasteiger partial charge in [-0.25, -0.2) is 17.9 Å². The lowest BCUT2D eigenvalue weighted by Crippen LogP contribution is -2.25. The zero-order valence-corrected chi connectivity index (χ0v) is 11.0. The van der Waals surface area contributed by atoms with Crippen molar-refractivity contribution in [2.24, 2.45) is 0 Å². The average Bonchev–Trinajstić information content (AvgIpc) is 2.35. The molecule has 3 N–H and O–H groups in total. The molecule has 0 spiro atoms. The first kappa shape index (κ1) is 14.5. The molecule has 18 heavy (non-hydrogen) atoms. The number of rotatable bonds is 6. The monoisotopic (exact) mass is 272 g/mol. The molecule has 0 radical (unpaired) electrons. The first-order chi connectivity index (χ1) is 8.42. The van der Waals surface area contributed by atoms with Gasteiger partial charge in [-0.15, -0.1) is 0 Å². The molecule has 0 saturated heterocycles. The highest BCUT2D eigenvalue weighted by Crippen LogP contribution is 2.22. The van der Waals surface area contributed by atoms with E-state index in [0.29, 0.717) is 18.7 Å². The van der Waals surface area contributed by atoms with E-state index in [0.717, 1.165) is 6.07 Å². The lowest BCUT2D eigenvalue weighted by Gasteiger charge is -2.11. The molecular weight excluding hydrogens is 256 g/mol.